The number of carbonyl (C=O) groups excluding carboxylic acids is 1. The summed E-state index contributed by atoms with van der Waals surface area (Å²) in [5, 5.41) is 0. The number of piperidine rings is 1. The Bertz CT molecular complexity index is 351. The number of Topliss-reactive ketones (excluding diaryl/α,β-unsaturated/α-hetero) is 1. The Morgan fingerprint density at radius 2 is 1.90 bits per heavy atom. The van der Waals surface area contributed by atoms with Gasteiger partial charge in [-0.25, -0.2) is 0 Å². The molecule has 1 saturated carbocycles. The summed E-state index contributed by atoms with van der Waals surface area (Å²) in [5.41, 5.74) is 0. The van der Waals surface area contributed by atoms with Crippen molar-refractivity contribution in [2.24, 2.45) is 11.8 Å². The first kappa shape index (κ1) is 15.5. The predicted molar refractivity (Wildman–Crippen MR) is 86.4 cm³/mol. The summed E-state index contributed by atoms with van der Waals surface area (Å²) in [6.07, 6.45) is 9.89. The van der Waals surface area contributed by atoms with E-state index in [0.29, 0.717) is 11.7 Å². The quantitative estimate of drug-likeness (QED) is 0.796. The lowest BCUT2D eigenvalue weighted by atomic mass is 9.79. The topological polar surface area (TPSA) is 23.6 Å². The molecule has 3 heteroatoms. The van der Waals surface area contributed by atoms with Crippen LogP contribution in [-0.2, 0) is 4.79 Å². The highest BCUT2D eigenvalue weighted by Gasteiger charge is 2.33. The first-order chi connectivity index (χ1) is 10.3. The van der Waals surface area contributed by atoms with Gasteiger partial charge in [0, 0.05) is 31.5 Å². The molecule has 3 fully saturated rings. The van der Waals surface area contributed by atoms with E-state index in [2.05, 4.69) is 16.7 Å². The van der Waals surface area contributed by atoms with E-state index < -0.39 is 0 Å². The van der Waals surface area contributed by atoms with E-state index in [1.165, 1.54) is 58.3 Å². The van der Waals surface area contributed by atoms with E-state index >= 15 is 0 Å². The fourth-order valence-electron chi connectivity index (χ4n) is 4.62. The van der Waals surface area contributed by atoms with Crippen molar-refractivity contribution in [3.63, 3.8) is 0 Å². The monoisotopic (exact) mass is 292 g/mol. The minimum Gasteiger partial charge on any atom is -0.301 e. The molecule has 2 heterocycles. The molecule has 1 aliphatic carbocycles. The van der Waals surface area contributed by atoms with Crippen LogP contribution in [0.25, 0.3) is 0 Å². The van der Waals surface area contributed by atoms with E-state index in [1.807, 2.05) is 0 Å². The molecule has 0 aromatic heterocycles. The number of likely N-dealkylation sites (tertiary alicyclic amines) is 2. The molecule has 0 bridgehead atoms. The lowest BCUT2D eigenvalue weighted by Crippen LogP contribution is -2.42. The van der Waals surface area contributed by atoms with Gasteiger partial charge in [-0.3, -0.25) is 9.69 Å². The lowest BCUT2D eigenvalue weighted by molar-refractivity contribution is -0.126. The van der Waals surface area contributed by atoms with E-state index in [-0.39, 0.29) is 0 Å². The van der Waals surface area contributed by atoms with Crippen LogP contribution in [0, 0.1) is 11.8 Å². The van der Waals surface area contributed by atoms with E-state index in [4.69, 9.17) is 0 Å². The number of nitrogens with zero attached hydrogens (tertiary/aromatic N) is 2. The van der Waals surface area contributed by atoms with Gasteiger partial charge in [0.05, 0.1) is 0 Å². The summed E-state index contributed by atoms with van der Waals surface area (Å²) in [6.45, 7) is 8.35. The first-order valence-corrected chi connectivity index (χ1v) is 9.25. The van der Waals surface area contributed by atoms with Crippen LogP contribution in [-0.4, -0.2) is 54.3 Å². The van der Waals surface area contributed by atoms with Gasteiger partial charge >= 0.3 is 0 Å². The highest BCUT2D eigenvalue weighted by Crippen LogP contribution is 2.30. The van der Waals surface area contributed by atoms with Crippen molar-refractivity contribution < 1.29 is 4.79 Å². The summed E-state index contributed by atoms with van der Waals surface area (Å²) in [4.78, 5) is 17.5. The van der Waals surface area contributed by atoms with Gasteiger partial charge in [0.25, 0.3) is 0 Å². The van der Waals surface area contributed by atoms with Crippen LogP contribution in [0.15, 0.2) is 0 Å². The van der Waals surface area contributed by atoms with E-state index in [1.54, 1.807) is 0 Å². The van der Waals surface area contributed by atoms with Crippen molar-refractivity contribution in [2.75, 3.05) is 32.7 Å². The molecule has 2 aliphatic heterocycles. The molecule has 0 spiro atoms. The maximum absolute atomic E-state index is 12.2. The zero-order valence-corrected chi connectivity index (χ0v) is 13.7. The third kappa shape index (κ3) is 3.87. The number of carbonyl (C=O) groups is 1. The Hall–Kier alpha value is -0.410. The predicted octanol–water partition coefficient (Wildman–Crippen LogP) is 2.94. The second-order valence-corrected chi connectivity index (χ2v) is 7.51. The minimum absolute atomic E-state index is 0.337. The SMILES string of the molecule is CCC1CCC(=O)C(CN2CCC(N3CCCCC3)C2)C1. The van der Waals surface area contributed by atoms with Crippen molar-refractivity contribution in [3.05, 3.63) is 0 Å². The Balaban J connectivity index is 1.48. The lowest BCUT2D eigenvalue weighted by Gasteiger charge is -2.33. The molecule has 0 radical (unpaired) electrons. The van der Waals surface area contributed by atoms with Crippen molar-refractivity contribution in [2.45, 2.75) is 64.3 Å². The summed E-state index contributed by atoms with van der Waals surface area (Å²) in [7, 11) is 0. The molecule has 0 aromatic rings. The van der Waals surface area contributed by atoms with Gasteiger partial charge in [-0.2, -0.15) is 0 Å². The number of ketones is 1. The van der Waals surface area contributed by atoms with Crippen molar-refractivity contribution >= 4 is 5.78 Å². The zero-order valence-electron chi connectivity index (χ0n) is 13.7. The Morgan fingerprint density at radius 3 is 2.67 bits per heavy atom. The number of hydrogen-bond acceptors (Lipinski definition) is 3. The van der Waals surface area contributed by atoms with Crippen LogP contribution < -0.4 is 0 Å². The molecule has 3 aliphatic rings. The second-order valence-electron chi connectivity index (χ2n) is 7.51. The largest absolute Gasteiger partial charge is 0.301 e. The van der Waals surface area contributed by atoms with Crippen LogP contribution in [0.5, 0.6) is 0 Å². The molecule has 2 saturated heterocycles. The molecular weight excluding hydrogens is 260 g/mol. The summed E-state index contributed by atoms with van der Waals surface area (Å²) in [5.74, 6) is 1.68. The average molecular weight is 292 g/mol. The van der Waals surface area contributed by atoms with E-state index in [9.17, 15) is 4.79 Å². The molecular formula is C18H32N2O. The highest BCUT2D eigenvalue weighted by atomic mass is 16.1. The van der Waals surface area contributed by atoms with Crippen LogP contribution in [0.3, 0.4) is 0 Å². The molecule has 21 heavy (non-hydrogen) atoms. The zero-order chi connectivity index (χ0) is 14.7. The maximum atomic E-state index is 12.2. The van der Waals surface area contributed by atoms with Crippen LogP contribution in [0.4, 0.5) is 0 Å². The Kier molecular flexibility index (Phi) is 5.33. The Morgan fingerprint density at radius 1 is 1.10 bits per heavy atom. The summed E-state index contributed by atoms with van der Waals surface area (Å²) < 4.78 is 0. The fraction of sp³-hybridized carbons (Fsp3) is 0.944. The molecule has 3 nitrogen and oxygen atoms in total. The molecule has 3 unspecified atom stereocenters. The normalized spacial score (nSPS) is 36.2. The van der Waals surface area contributed by atoms with Gasteiger partial charge in [0.2, 0.25) is 0 Å². The van der Waals surface area contributed by atoms with Crippen molar-refractivity contribution in [3.8, 4) is 0 Å². The van der Waals surface area contributed by atoms with Gasteiger partial charge in [0.15, 0.2) is 0 Å². The van der Waals surface area contributed by atoms with Crippen molar-refractivity contribution in [1.82, 2.24) is 9.80 Å². The third-order valence-corrected chi connectivity index (χ3v) is 6.08. The van der Waals surface area contributed by atoms with Gasteiger partial charge in [-0.15, -0.1) is 0 Å². The smallest absolute Gasteiger partial charge is 0.137 e. The van der Waals surface area contributed by atoms with Crippen LogP contribution >= 0.6 is 0 Å². The van der Waals surface area contributed by atoms with Gasteiger partial charge < -0.3 is 4.90 Å². The molecule has 120 valence electrons. The third-order valence-electron chi connectivity index (χ3n) is 6.08. The molecule has 3 rings (SSSR count). The van der Waals surface area contributed by atoms with Crippen LogP contribution in [0.1, 0.15) is 58.3 Å². The summed E-state index contributed by atoms with van der Waals surface area (Å²) in [6, 6.07) is 0.769. The van der Waals surface area contributed by atoms with Gasteiger partial charge in [-0.1, -0.05) is 19.8 Å². The minimum atomic E-state index is 0.337. The molecule has 0 N–H and O–H groups in total. The van der Waals surface area contributed by atoms with E-state index in [0.717, 1.165) is 37.8 Å². The average Bonchev–Trinajstić information content (AvgIpc) is 2.99. The standard InChI is InChI=1S/C18H32N2O/c1-2-15-6-7-18(21)16(12-15)13-19-11-8-17(14-19)20-9-4-3-5-10-20/h15-17H,2-14H2,1H3. The van der Waals surface area contributed by atoms with Crippen molar-refractivity contribution in [1.29, 1.82) is 0 Å². The fourth-order valence-corrected chi connectivity index (χ4v) is 4.62. The second kappa shape index (κ2) is 7.23. The van der Waals surface area contributed by atoms with Gasteiger partial charge in [0.1, 0.15) is 5.78 Å². The van der Waals surface area contributed by atoms with Gasteiger partial charge in [-0.05, 0) is 57.7 Å². The van der Waals surface area contributed by atoms with Crippen LogP contribution in [0.2, 0.25) is 0 Å². The molecule has 0 amide bonds. The molecule has 0 aromatic carbocycles. The molecule has 3 atom stereocenters. The maximum Gasteiger partial charge on any atom is 0.137 e. The first-order valence-electron chi connectivity index (χ1n) is 9.25. The highest BCUT2D eigenvalue weighted by molar-refractivity contribution is 5.81. The summed E-state index contributed by atoms with van der Waals surface area (Å²) >= 11 is 0. The number of rotatable bonds is 4. The number of hydrogen-bond donors (Lipinski definition) is 0. The Labute approximate surface area is 130 Å².